The van der Waals surface area contributed by atoms with Gasteiger partial charge in [-0.2, -0.15) is 13.2 Å². The number of rotatable bonds is 6. The van der Waals surface area contributed by atoms with Gasteiger partial charge in [0.1, 0.15) is 0 Å². The van der Waals surface area contributed by atoms with Gasteiger partial charge in [0.05, 0.1) is 24.2 Å². The quantitative estimate of drug-likeness (QED) is 0.534. The minimum atomic E-state index is -4.43. The van der Waals surface area contributed by atoms with E-state index in [-0.39, 0.29) is 24.4 Å². The number of hydrogen-bond donors (Lipinski definition) is 1. The molecule has 0 aliphatic carbocycles. The van der Waals surface area contributed by atoms with Gasteiger partial charge in [-0.05, 0) is 28.8 Å². The van der Waals surface area contributed by atoms with E-state index in [0.29, 0.717) is 25.2 Å². The van der Waals surface area contributed by atoms with Crippen LogP contribution in [0.2, 0.25) is 0 Å². The lowest BCUT2D eigenvalue weighted by Crippen LogP contribution is -2.52. The lowest BCUT2D eigenvalue weighted by Gasteiger charge is -2.41. The highest BCUT2D eigenvalue weighted by molar-refractivity contribution is 5.79. The fourth-order valence-electron chi connectivity index (χ4n) is 4.60. The molecule has 8 heteroatoms. The number of carbonyl (C=O) groups is 2. The van der Waals surface area contributed by atoms with Crippen molar-refractivity contribution >= 4 is 11.8 Å². The molecule has 0 radical (unpaired) electrons. The molecule has 0 aromatic heterocycles. The number of piperazine rings is 1. The van der Waals surface area contributed by atoms with Crippen molar-refractivity contribution in [1.29, 1.82) is 0 Å². The van der Waals surface area contributed by atoms with E-state index in [0.717, 1.165) is 23.3 Å². The van der Waals surface area contributed by atoms with Crippen LogP contribution in [0.3, 0.4) is 0 Å². The van der Waals surface area contributed by atoms with E-state index in [1.54, 1.807) is 4.90 Å². The Morgan fingerprint density at radius 2 is 1.44 bits per heavy atom. The first-order valence-corrected chi connectivity index (χ1v) is 11.8. The van der Waals surface area contributed by atoms with Crippen LogP contribution in [0, 0.1) is 0 Å². The highest BCUT2D eigenvalue weighted by Crippen LogP contribution is 2.32. The Hall–Kier alpha value is -3.65. The first kappa shape index (κ1) is 25.4. The molecule has 188 valence electrons. The zero-order valence-corrected chi connectivity index (χ0v) is 19.9. The number of hydrogen-bond acceptors (Lipinski definition) is 3. The SMILES string of the molecule is CC(=O)N1CCN(CC(=O)NC(c2ccccc2)c2ccccc2)C[C@H]1c1ccc(C(F)(F)F)cc1. The van der Waals surface area contributed by atoms with E-state index < -0.39 is 17.8 Å². The summed E-state index contributed by atoms with van der Waals surface area (Å²) in [7, 11) is 0. The predicted octanol–water partition coefficient (Wildman–Crippen LogP) is 4.82. The summed E-state index contributed by atoms with van der Waals surface area (Å²) in [4.78, 5) is 28.9. The molecule has 1 N–H and O–H groups in total. The van der Waals surface area contributed by atoms with Gasteiger partial charge in [-0.3, -0.25) is 14.5 Å². The molecule has 1 heterocycles. The highest BCUT2D eigenvalue weighted by Gasteiger charge is 2.33. The fourth-order valence-corrected chi connectivity index (χ4v) is 4.60. The minimum absolute atomic E-state index is 0.110. The molecule has 0 saturated carbocycles. The molecule has 0 bridgehead atoms. The summed E-state index contributed by atoms with van der Waals surface area (Å²) in [6.07, 6.45) is -4.43. The predicted molar refractivity (Wildman–Crippen MR) is 131 cm³/mol. The Bertz CT molecular complexity index is 1130. The molecule has 3 aromatic carbocycles. The number of amides is 2. The monoisotopic (exact) mass is 495 g/mol. The van der Waals surface area contributed by atoms with Crippen LogP contribution in [0.25, 0.3) is 0 Å². The van der Waals surface area contributed by atoms with E-state index in [9.17, 15) is 22.8 Å². The number of carbonyl (C=O) groups excluding carboxylic acids is 2. The molecule has 1 aliphatic heterocycles. The van der Waals surface area contributed by atoms with Crippen molar-refractivity contribution in [3.63, 3.8) is 0 Å². The van der Waals surface area contributed by atoms with Crippen LogP contribution >= 0.6 is 0 Å². The molecule has 1 fully saturated rings. The number of alkyl halides is 3. The summed E-state index contributed by atoms with van der Waals surface area (Å²) < 4.78 is 39.0. The van der Waals surface area contributed by atoms with Gasteiger partial charge in [0.15, 0.2) is 0 Å². The zero-order valence-electron chi connectivity index (χ0n) is 19.9. The normalized spacial score (nSPS) is 16.7. The summed E-state index contributed by atoms with van der Waals surface area (Å²) in [6, 6.07) is 23.5. The zero-order chi connectivity index (χ0) is 25.7. The summed E-state index contributed by atoms with van der Waals surface area (Å²) >= 11 is 0. The molecule has 1 saturated heterocycles. The standard InChI is InChI=1S/C28H28F3N3O2/c1-20(35)34-17-16-33(18-25(34)21-12-14-24(15-13-21)28(29,30)31)19-26(36)32-27(22-8-4-2-5-9-22)23-10-6-3-7-11-23/h2-15,25,27H,16-19H2,1H3,(H,32,36)/t25-/m0/s1. The lowest BCUT2D eigenvalue weighted by molar-refractivity contribution is -0.138. The molecule has 36 heavy (non-hydrogen) atoms. The van der Waals surface area contributed by atoms with Crippen LogP contribution in [-0.2, 0) is 15.8 Å². The Morgan fingerprint density at radius 1 is 0.889 bits per heavy atom. The molecular formula is C28H28F3N3O2. The van der Waals surface area contributed by atoms with Gasteiger partial charge in [-0.25, -0.2) is 0 Å². The van der Waals surface area contributed by atoms with Crippen LogP contribution in [-0.4, -0.2) is 47.8 Å². The maximum absolute atomic E-state index is 13.1. The molecular weight excluding hydrogens is 467 g/mol. The number of benzene rings is 3. The number of nitrogens with zero attached hydrogens (tertiary/aromatic N) is 2. The van der Waals surface area contributed by atoms with Crippen LogP contribution in [0.4, 0.5) is 13.2 Å². The summed E-state index contributed by atoms with van der Waals surface area (Å²) in [5, 5.41) is 3.12. The van der Waals surface area contributed by atoms with Crippen molar-refractivity contribution in [2.45, 2.75) is 25.2 Å². The summed E-state index contributed by atoms with van der Waals surface area (Å²) in [6.45, 7) is 2.78. The third-order valence-corrected chi connectivity index (χ3v) is 6.43. The highest BCUT2D eigenvalue weighted by atomic mass is 19.4. The van der Waals surface area contributed by atoms with Gasteiger partial charge in [-0.15, -0.1) is 0 Å². The third kappa shape index (κ3) is 6.12. The topological polar surface area (TPSA) is 52.7 Å². The Balaban J connectivity index is 1.48. The summed E-state index contributed by atoms with van der Waals surface area (Å²) in [5.74, 6) is -0.327. The van der Waals surface area contributed by atoms with Crippen molar-refractivity contribution < 1.29 is 22.8 Å². The van der Waals surface area contributed by atoms with Crippen LogP contribution in [0.15, 0.2) is 84.9 Å². The molecule has 4 rings (SSSR count). The fraction of sp³-hybridized carbons (Fsp3) is 0.286. The molecule has 1 aliphatic rings. The molecule has 2 amide bonds. The Kier molecular flexibility index (Phi) is 7.74. The second-order valence-corrected chi connectivity index (χ2v) is 8.90. The van der Waals surface area contributed by atoms with Crippen LogP contribution in [0.5, 0.6) is 0 Å². The molecule has 0 spiro atoms. The van der Waals surface area contributed by atoms with Gasteiger partial charge in [0, 0.05) is 26.6 Å². The van der Waals surface area contributed by atoms with Crippen molar-refractivity contribution in [3.05, 3.63) is 107 Å². The molecule has 0 unspecified atom stereocenters. The largest absolute Gasteiger partial charge is 0.416 e. The molecule has 3 aromatic rings. The number of nitrogens with one attached hydrogen (secondary N) is 1. The van der Waals surface area contributed by atoms with E-state index in [2.05, 4.69) is 5.32 Å². The van der Waals surface area contributed by atoms with Gasteiger partial charge < -0.3 is 10.2 Å². The number of halogens is 3. The van der Waals surface area contributed by atoms with Gasteiger partial charge in [-0.1, -0.05) is 72.8 Å². The van der Waals surface area contributed by atoms with Gasteiger partial charge in [0.25, 0.3) is 0 Å². The van der Waals surface area contributed by atoms with E-state index in [1.165, 1.54) is 19.1 Å². The average molecular weight is 496 g/mol. The van der Waals surface area contributed by atoms with E-state index in [4.69, 9.17) is 0 Å². The first-order chi connectivity index (χ1) is 17.2. The van der Waals surface area contributed by atoms with Crippen molar-refractivity contribution in [2.24, 2.45) is 0 Å². The second-order valence-electron chi connectivity index (χ2n) is 8.90. The molecule has 5 nitrogen and oxygen atoms in total. The second kappa shape index (κ2) is 11.0. The lowest BCUT2D eigenvalue weighted by atomic mass is 9.98. The first-order valence-electron chi connectivity index (χ1n) is 11.8. The van der Waals surface area contributed by atoms with Crippen molar-refractivity contribution in [1.82, 2.24) is 15.1 Å². The van der Waals surface area contributed by atoms with E-state index >= 15 is 0 Å². The smallest absolute Gasteiger partial charge is 0.344 e. The third-order valence-electron chi connectivity index (χ3n) is 6.43. The Morgan fingerprint density at radius 3 is 1.94 bits per heavy atom. The minimum Gasteiger partial charge on any atom is -0.344 e. The average Bonchev–Trinajstić information content (AvgIpc) is 2.88. The van der Waals surface area contributed by atoms with Crippen LogP contribution < -0.4 is 5.32 Å². The maximum Gasteiger partial charge on any atom is 0.416 e. The maximum atomic E-state index is 13.1. The Labute approximate surface area is 208 Å². The van der Waals surface area contributed by atoms with Gasteiger partial charge >= 0.3 is 6.18 Å². The summed E-state index contributed by atoms with van der Waals surface area (Å²) in [5.41, 5.74) is 1.79. The van der Waals surface area contributed by atoms with Crippen molar-refractivity contribution in [2.75, 3.05) is 26.2 Å². The van der Waals surface area contributed by atoms with E-state index in [1.807, 2.05) is 65.6 Å². The van der Waals surface area contributed by atoms with Crippen molar-refractivity contribution in [3.8, 4) is 0 Å². The molecule has 1 atom stereocenters. The van der Waals surface area contributed by atoms with Crippen LogP contribution in [0.1, 0.15) is 41.3 Å². The van der Waals surface area contributed by atoms with Gasteiger partial charge in [0.2, 0.25) is 11.8 Å².